The standard InChI is InChI=1S/C14H16ClNO2/c1-14(2,3)6-7-16-11-5-4-9(15)8-10(11)12(17)13(16)18/h4-5,8H,6-7H2,1-3H3. The maximum Gasteiger partial charge on any atom is 0.299 e. The molecule has 18 heavy (non-hydrogen) atoms. The summed E-state index contributed by atoms with van der Waals surface area (Å²) in [7, 11) is 0. The summed E-state index contributed by atoms with van der Waals surface area (Å²) in [6.07, 6.45) is 0.841. The predicted octanol–water partition coefficient (Wildman–Crippen LogP) is 3.31. The summed E-state index contributed by atoms with van der Waals surface area (Å²) in [5, 5.41) is 0.479. The minimum atomic E-state index is -0.457. The van der Waals surface area contributed by atoms with Crippen molar-refractivity contribution in [3.05, 3.63) is 28.8 Å². The number of ketones is 1. The fraction of sp³-hybridized carbons (Fsp3) is 0.429. The first-order chi connectivity index (χ1) is 8.29. The lowest BCUT2D eigenvalue weighted by atomic mass is 9.92. The molecule has 1 heterocycles. The Kier molecular flexibility index (Phi) is 3.20. The first-order valence-corrected chi connectivity index (χ1v) is 6.33. The Morgan fingerprint density at radius 2 is 1.89 bits per heavy atom. The number of benzene rings is 1. The normalized spacial score (nSPS) is 15.2. The van der Waals surface area contributed by atoms with Crippen molar-refractivity contribution < 1.29 is 9.59 Å². The molecule has 0 fully saturated rings. The maximum atomic E-state index is 11.9. The highest BCUT2D eigenvalue weighted by molar-refractivity contribution is 6.52. The summed E-state index contributed by atoms with van der Waals surface area (Å²) in [4.78, 5) is 25.3. The van der Waals surface area contributed by atoms with Gasteiger partial charge in [0.25, 0.3) is 11.7 Å². The van der Waals surface area contributed by atoms with Crippen LogP contribution in [-0.2, 0) is 4.79 Å². The number of Topliss-reactive ketones (excluding diaryl/α,β-unsaturated/α-hetero) is 1. The number of nitrogens with zero attached hydrogens (tertiary/aromatic N) is 1. The molecular weight excluding hydrogens is 250 g/mol. The maximum absolute atomic E-state index is 11.9. The van der Waals surface area contributed by atoms with E-state index >= 15 is 0 Å². The molecule has 0 radical (unpaired) electrons. The number of fused-ring (bicyclic) bond motifs is 1. The summed E-state index contributed by atoms with van der Waals surface area (Å²) in [6, 6.07) is 5.01. The van der Waals surface area contributed by atoms with Crippen LogP contribution in [0.1, 0.15) is 37.6 Å². The zero-order valence-electron chi connectivity index (χ0n) is 10.8. The highest BCUT2D eigenvalue weighted by atomic mass is 35.5. The molecule has 0 N–H and O–H groups in total. The van der Waals surface area contributed by atoms with Crippen molar-refractivity contribution in [1.29, 1.82) is 0 Å². The fourth-order valence-corrected chi connectivity index (χ4v) is 2.11. The van der Waals surface area contributed by atoms with E-state index in [-0.39, 0.29) is 5.41 Å². The van der Waals surface area contributed by atoms with Crippen LogP contribution in [-0.4, -0.2) is 18.2 Å². The van der Waals surface area contributed by atoms with Gasteiger partial charge in [-0.3, -0.25) is 9.59 Å². The number of rotatable bonds is 2. The molecule has 1 amide bonds. The lowest BCUT2D eigenvalue weighted by Gasteiger charge is -2.23. The second kappa shape index (κ2) is 4.39. The van der Waals surface area contributed by atoms with E-state index in [4.69, 9.17) is 11.6 Å². The van der Waals surface area contributed by atoms with Gasteiger partial charge in [-0.05, 0) is 30.0 Å². The average Bonchev–Trinajstić information content (AvgIpc) is 2.49. The summed E-state index contributed by atoms with van der Waals surface area (Å²) >= 11 is 5.85. The zero-order chi connectivity index (χ0) is 13.5. The van der Waals surface area contributed by atoms with Gasteiger partial charge in [0, 0.05) is 11.6 Å². The first-order valence-electron chi connectivity index (χ1n) is 5.95. The van der Waals surface area contributed by atoms with E-state index in [9.17, 15) is 9.59 Å². The molecule has 0 saturated carbocycles. The minimum absolute atomic E-state index is 0.124. The molecular formula is C14H16ClNO2. The molecule has 2 rings (SSSR count). The van der Waals surface area contributed by atoms with Crippen molar-refractivity contribution in [2.24, 2.45) is 5.41 Å². The Hall–Kier alpha value is -1.35. The summed E-state index contributed by atoms with van der Waals surface area (Å²) in [5.74, 6) is -0.905. The summed E-state index contributed by atoms with van der Waals surface area (Å²) < 4.78 is 0. The van der Waals surface area contributed by atoms with E-state index in [1.165, 1.54) is 0 Å². The van der Waals surface area contributed by atoms with E-state index in [2.05, 4.69) is 20.8 Å². The van der Waals surface area contributed by atoms with Crippen LogP contribution in [0.25, 0.3) is 0 Å². The number of anilines is 1. The van der Waals surface area contributed by atoms with E-state index in [1.54, 1.807) is 23.1 Å². The Morgan fingerprint density at radius 1 is 1.22 bits per heavy atom. The molecule has 1 aromatic rings. The van der Waals surface area contributed by atoms with Gasteiger partial charge in [-0.2, -0.15) is 0 Å². The average molecular weight is 266 g/mol. The highest BCUT2D eigenvalue weighted by Gasteiger charge is 2.36. The SMILES string of the molecule is CC(C)(C)CCN1C(=O)C(=O)c2cc(Cl)ccc21. The Balaban J connectivity index is 2.29. The van der Waals surface area contributed by atoms with Crippen LogP contribution < -0.4 is 4.90 Å². The second-order valence-electron chi connectivity index (χ2n) is 5.76. The van der Waals surface area contributed by atoms with Crippen LogP contribution in [0.2, 0.25) is 5.02 Å². The van der Waals surface area contributed by atoms with Gasteiger partial charge in [-0.1, -0.05) is 32.4 Å². The largest absolute Gasteiger partial charge is 0.305 e. The Morgan fingerprint density at radius 3 is 2.50 bits per heavy atom. The Bertz CT molecular complexity index is 517. The fourth-order valence-electron chi connectivity index (χ4n) is 1.94. The monoisotopic (exact) mass is 265 g/mol. The molecule has 0 saturated heterocycles. The lowest BCUT2D eigenvalue weighted by Crippen LogP contribution is -2.32. The smallest absolute Gasteiger partial charge is 0.299 e. The number of halogens is 1. The van der Waals surface area contributed by atoms with Crippen molar-refractivity contribution in [3.8, 4) is 0 Å². The van der Waals surface area contributed by atoms with Gasteiger partial charge < -0.3 is 4.90 Å². The lowest BCUT2D eigenvalue weighted by molar-refractivity contribution is -0.114. The molecule has 3 nitrogen and oxygen atoms in total. The molecule has 0 bridgehead atoms. The molecule has 0 aliphatic carbocycles. The van der Waals surface area contributed by atoms with Gasteiger partial charge in [0.15, 0.2) is 0 Å². The quantitative estimate of drug-likeness (QED) is 0.770. The number of hydrogen-bond acceptors (Lipinski definition) is 2. The third kappa shape index (κ3) is 2.41. The van der Waals surface area contributed by atoms with Crippen LogP contribution in [0, 0.1) is 5.41 Å². The van der Waals surface area contributed by atoms with Crippen molar-refractivity contribution in [1.82, 2.24) is 0 Å². The summed E-state index contributed by atoms with van der Waals surface area (Å²) in [5.41, 5.74) is 1.22. The van der Waals surface area contributed by atoms with Gasteiger partial charge in [0.05, 0.1) is 11.3 Å². The number of amides is 1. The zero-order valence-corrected chi connectivity index (χ0v) is 11.5. The van der Waals surface area contributed by atoms with E-state index in [1.807, 2.05) is 0 Å². The molecule has 1 aromatic carbocycles. The number of hydrogen-bond donors (Lipinski definition) is 0. The van der Waals surface area contributed by atoms with Crippen molar-refractivity contribution >= 4 is 29.0 Å². The second-order valence-corrected chi connectivity index (χ2v) is 6.19. The van der Waals surface area contributed by atoms with E-state index in [0.717, 1.165) is 6.42 Å². The Labute approximate surface area is 112 Å². The molecule has 0 aromatic heterocycles. The first kappa shape index (κ1) is 13.1. The third-order valence-electron chi connectivity index (χ3n) is 3.02. The molecule has 96 valence electrons. The molecule has 0 unspecified atom stereocenters. The van der Waals surface area contributed by atoms with Crippen LogP contribution in [0.5, 0.6) is 0 Å². The third-order valence-corrected chi connectivity index (χ3v) is 3.25. The topological polar surface area (TPSA) is 37.4 Å². The molecule has 0 atom stereocenters. The minimum Gasteiger partial charge on any atom is -0.305 e. The van der Waals surface area contributed by atoms with Gasteiger partial charge in [0.1, 0.15) is 0 Å². The molecule has 1 aliphatic heterocycles. The molecule has 1 aliphatic rings. The molecule has 4 heteroatoms. The van der Waals surface area contributed by atoms with Crippen molar-refractivity contribution in [2.75, 3.05) is 11.4 Å². The predicted molar refractivity (Wildman–Crippen MR) is 72.2 cm³/mol. The van der Waals surface area contributed by atoms with Crippen molar-refractivity contribution in [2.45, 2.75) is 27.2 Å². The van der Waals surface area contributed by atoms with Crippen molar-refractivity contribution in [3.63, 3.8) is 0 Å². The van der Waals surface area contributed by atoms with Gasteiger partial charge >= 0.3 is 0 Å². The number of carbonyl (C=O) groups excluding carboxylic acids is 2. The molecule has 0 spiro atoms. The van der Waals surface area contributed by atoms with Crippen LogP contribution in [0.3, 0.4) is 0 Å². The van der Waals surface area contributed by atoms with Crippen LogP contribution in [0.15, 0.2) is 18.2 Å². The number of carbonyl (C=O) groups is 2. The van der Waals surface area contributed by atoms with E-state index in [0.29, 0.717) is 22.8 Å². The highest BCUT2D eigenvalue weighted by Crippen LogP contribution is 2.32. The van der Waals surface area contributed by atoms with Crippen LogP contribution in [0.4, 0.5) is 5.69 Å². The van der Waals surface area contributed by atoms with Crippen LogP contribution >= 0.6 is 11.6 Å². The van der Waals surface area contributed by atoms with E-state index < -0.39 is 11.7 Å². The van der Waals surface area contributed by atoms with Gasteiger partial charge in [-0.15, -0.1) is 0 Å². The van der Waals surface area contributed by atoms with Gasteiger partial charge in [0.2, 0.25) is 0 Å². The van der Waals surface area contributed by atoms with Gasteiger partial charge in [-0.25, -0.2) is 0 Å². The summed E-state index contributed by atoms with van der Waals surface area (Å²) in [6.45, 7) is 6.89.